The van der Waals surface area contributed by atoms with Crippen LogP contribution in [0, 0.1) is 5.92 Å². The van der Waals surface area contributed by atoms with Gasteiger partial charge in [-0.1, -0.05) is 18.2 Å². The molecule has 0 saturated carbocycles. The molecule has 3 aliphatic rings. The number of nitrogens with one attached hydrogen (secondary N) is 3. The minimum Gasteiger partial charge on any atom is -0.369 e. The number of hydrazine groups is 1. The highest BCUT2D eigenvalue weighted by Gasteiger charge is 2.42. The van der Waals surface area contributed by atoms with Crippen LogP contribution in [0.1, 0.15) is 12.0 Å². The van der Waals surface area contributed by atoms with Crippen molar-refractivity contribution in [3.63, 3.8) is 0 Å². The van der Waals surface area contributed by atoms with Crippen LogP contribution < -0.4 is 21.1 Å². The third-order valence-electron chi connectivity index (χ3n) is 5.66. The van der Waals surface area contributed by atoms with Gasteiger partial charge in [-0.3, -0.25) is 10.2 Å². The van der Waals surface area contributed by atoms with Crippen molar-refractivity contribution in [3.8, 4) is 0 Å². The highest BCUT2D eigenvalue weighted by molar-refractivity contribution is 5.82. The van der Waals surface area contributed by atoms with Gasteiger partial charge in [0.2, 0.25) is 5.91 Å². The summed E-state index contributed by atoms with van der Waals surface area (Å²) in [5.41, 5.74) is 9.25. The Hall–Kier alpha value is -1.63. The predicted octanol–water partition coefficient (Wildman–Crippen LogP) is -0.0380. The van der Waals surface area contributed by atoms with E-state index in [9.17, 15) is 4.79 Å². The van der Waals surface area contributed by atoms with Gasteiger partial charge in [-0.25, -0.2) is 5.43 Å². The number of likely N-dealkylation sites (tertiary alicyclic amines) is 1. The molecule has 3 N–H and O–H groups in total. The number of rotatable bonds is 4. The number of anilines is 1. The van der Waals surface area contributed by atoms with Crippen LogP contribution in [0.4, 0.5) is 5.69 Å². The number of piperidine rings is 1. The summed E-state index contributed by atoms with van der Waals surface area (Å²) >= 11 is 0. The fourth-order valence-corrected chi connectivity index (χ4v) is 4.30. The van der Waals surface area contributed by atoms with E-state index in [-0.39, 0.29) is 11.9 Å². The van der Waals surface area contributed by atoms with Crippen LogP contribution in [-0.4, -0.2) is 62.7 Å². The molecule has 2 saturated heterocycles. The number of nitrogens with zero attached hydrogens (tertiary/aromatic N) is 2. The number of carbonyl (C=O) groups excluding carboxylic acids is 1. The molecule has 3 atom stereocenters. The number of hydrogen-bond donors (Lipinski definition) is 3. The molecule has 1 amide bonds. The van der Waals surface area contributed by atoms with Gasteiger partial charge in [0, 0.05) is 43.8 Å². The Balaban J connectivity index is 1.28. The van der Waals surface area contributed by atoms with E-state index < -0.39 is 0 Å². The lowest BCUT2D eigenvalue weighted by molar-refractivity contribution is -0.124. The van der Waals surface area contributed by atoms with Crippen molar-refractivity contribution in [1.29, 1.82) is 0 Å². The fraction of sp³-hybridized carbons (Fsp3) is 0.611. The lowest BCUT2D eigenvalue weighted by atomic mass is 9.88. The lowest BCUT2D eigenvalue weighted by Gasteiger charge is -2.33. The van der Waals surface area contributed by atoms with Gasteiger partial charge in [0.25, 0.3) is 0 Å². The first-order valence-corrected chi connectivity index (χ1v) is 9.02. The maximum Gasteiger partial charge on any atom is 0.238 e. The van der Waals surface area contributed by atoms with Crippen LogP contribution in [0.2, 0.25) is 0 Å². The number of amides is 1. The van der Waals surface area contributed by atoms with Crippen LogP contribution >= 0.6 is 0 Å². The second kappa shape index (κ2) is 6.70. The first kappa shape index (κ1) is 15.9. The molecule has 6 nitrogen and oxygen atoms in total. The Morgan fingerprint density at radius 1 is 1.29 bits per heavy atom. The molecule has 2 fully saturated rings. The highest BCUT2D eigenvalue weighted by atomic mass is 16.2. The van der Waals surface area contributed by atoms with E-state index in [4.69, 9.17) is 0 Å². The molecule has 1 aromatic carbocycles. The molecule has 0 bridgehead atoms. The smallest absolute Gasteiger partial charge is 0.238 e. The molecule has 6 heteroatoms. The monoisotopic (exact) mass is 329 g/mol. The van der Waals surface area contributed by atoms with Crippen molar-refractivity contribution in [3.05, 3.63) is 29.8 Å². The third kappa shape index (κ3) is 3.01. The zero-order chi connectivity index (χ0) is 16.5. The molecule has 1 aromatic rings. The van der Waals surface area contributed by atoms with Crippen LogP contribution in [0.15, 0.2) is 24.3 Å². The van der Waals surface area contributed by atoms with Crippen LogP contribution in [0.25, 0.3) is 0 Å². The van der Waals surface area contributed by atoms with Gasteiger partial charge < -0.3 is 15.1 Å². The molecule has 0 aromatic heterocycles. The Kier molecular flexibility index (Phi) is 4.43. The largest absolute Gasteiger partial charge is 0.369 e. The lowest BCUT2D eigenvalue weighted by Crippen LogP contribution is -2.50. The molecule has 3 heterocycles. The molecule has 3 aliphatic heterocycles. The third-order valence-corrected chi connectivity index (χ3v) is 5.66. The number of fused-ring (bicyclic) bond motifs is 2. The van der Waals surface area contributed by atoms with E-state index in [0.29, 0.717) is 18.5 Å². The average Bonchev–Trinajstić information content (AvgIpc) is 3.19. The van der Waals surface area contributed by atoms with Crippen molar-refractivity contribution in [2.45, 2.75) is 24.9 Å². The van der Waals surface area contributed by atoms with E-state index in [0.717, 1.165) is 39.0 Å². The summed E-state index contributed by atoms with van der Waals surface area (Å²) in [4.78, 5) is 17.3. The summed E-state index contributed by atoms with van der Waals surface area (Å²) in [5.74, 6) is 0.481. The molecule has 130 valence electrons. The van der Waals surface area contributed by atoms with Crippen LogP contribution in [-0.2, 0) is 11.2 Å². The van der Waals surface area contributed by atoms with E-state index in [2.05, 4.69) is 57.3 Å². The Morgan fingerprint density at radius 3 is 3.08 bits per heavy atom. The fourth-order valence-electron chi connectivity index (χ4n) is 4.30. The van der Waals surface area contributed by atoms with Gasteiger partial charge in [0.1, 0.15) is 6.04 Å². The molecule has 3 unspecified atom stereocenters. The molecular weight excluding hydrogens is 302 g/mol. The predicted molar refractivity (Wildman–Crippen MR) is 94.8 cm³/mol. The maximum atomic E-state index is 12.6. The summed E-state index contributed by atoms with van der Waals surface area (Å²) in [6.45, 7) is 4.68. The Morgan fingerprint density at radius 2 is 2.17 bits per heavy atom. The summed E-state index contributed by atoms with van der Waals surface area (Å²) in [6.07, 6.45) is 2.21. The highest BCUT2D eigenvalue weighted by Crippen LogP contribution is 2.27. The van der Waals surface area contributed by atoms with Crippen molar-refractivity contribution in [2.24, 2.45) is 5.92 Å². The number of para-hydroxylation sites is 1. The molecule has 24 heavy (non-hydrogen) atoms. The van der Waals surface area contributed by atoms with E-state index in [1.54, 1.807) is 0 Å². The van der Waals surface area contributed by atoms with Gasteiger partial charge in [0.15, 0.2) is 0 Å². The molecule has 0 spiro atoms. The minimum atomic E-state index is -0.122. The number of hydrogen-bond acceptors (Lipinski definition) is 5. The summed E-state index contributed by atoms with van der Waals surface area (Å²) in [6, 6.07) is 8.85. The average molecular weight is 329 g/mol. The van der Waals surface area contributed by atoms with Crippen LogP contribution in [0.3, 0.4) is 0 Å². The maximum absolute atomic E-state index is 12.6. The van der Waals surface area contributed by atoms with Crippen molar-refractivity contribution in [2.75, 3.05) is 44.7 Å². The zero-order valence-electron chi connectivity index (χ0n) is 14.3. The van der Waals surface area contributed by atoms with Crippen molar-refractivity contribution >= 4 is 11.6 Å². The topological polar surface area (TPSA) is 59.6 Å². The summed E-state index contributed by atoms with van der Waals surface area (Å²) in [7, 11) is 2.13. The van der Waals surface area contributed by atoms with Crippen molar-refractivity contribution in [1.82, 2.24) is 21.1 Å². The van der Waals surface area contributed by atoms with Gasteiger partial charge in [-0.15, -0.1) is 0 Å². The van der Waals surface area contributed by atoms with E-state index in [1.807, 2.05) is 0 Å². The molecule has 0 aliphatic carbocycles. The van der Waals surface area contributed by atoms with Gasteiger partial charge in [-0.05, 0) is 38.1 Å². The Labute approximate surface area is 143 Å². The summed E-state index contributed by atoms with van der Waals surface area (Å²) in [5, 5.41) is 3.13. The first-order chi connectivity index (χ1) is 11.7. The first-order valence-electron chi connectivity index (χ1n) is 9.02. The molecular formula is C18H27N5O. The van der Waals surface area contributed by atoms with Gasteiger partial charge in [0.05, 0.1) is 0 Å². The second-order valence-corrected chi connectivity index (χ2v) is 7.24. The standard InChI is InChI=1S/C18H27N5O/c1-22-9-7-15-14(12-22)17(21-20-15)18(24)19-8-11-23-10-6-13-4-2-3-5-16(13)23/h2-5,14-15,17,20-21H,6-12H2,1H3,(H,19,24). The summed E-state index contributed by atoms with van der Waals surface area (Å²) < 4.78 is 0. The number of carbonyl (C=O) groups is 1. The van der Waals surface area contributed by atoms with Crippen molar-refractivity contribution < 1.29 is 4.79 Å². The van der Waals surface area contributed by atoms with Gasteiger partial charge >= 0.3 is 0 Å². The number of benzene rings is 1. The molecule has 4 rings (SSSR count). The zero-order valence-corrected chi connectivity index (χ0v) is 14.3. The van der Waals surface area contributed by atoms with E-state index in [1.165, 1.54) is 11.3 Å². The Bertz CT molecular complexity index is 607. The second-order valence-electron chi connectivity index (χ2n) is 7.24. The molecule has 0 radical (unpaired) electrons. The van der Waals surface area contributed by atoms with E-state index >= 15 is 0 Å². The quantitative estimate of drug-likeness (QED) is 0.724. The van der Waals surface area contributed by atoms with Crippen LogP contribution in [0.5, 0.6) is 0 Å². The minimum absolute atomic E-state index is 0.122. The van der Waals surface area contributed by atoms with Gasteiger partial charge in [-0.2, -0.15) is 0 Å². The normalized spacial score (nSPS) is 29.4. The SMILES string of the molecule is CN1CCC2NNC(C(=O)NCCN3CCc4ccccc43)C2C1.